The van der Waals surface area contributed by atoms with Gasteiger partial charge in [0.05, 0.1) is 35.0 Å². The van der Waals surface area contributed by atoms with Crippen LogP contribution in [0.3, 0.4) is 0 Å². The first-order chi connectivity index (χ1) is 24.1. The number of ether oxygens (including phenoxy) is 1. The number of nitrogen functional groups attached to an aromatic ring is 1. The summed E-state index contributed by atoms with van der Waals surface area (Å²) in [6, 6.07) is 8.88. The number of amides is 4. The maximum absolute atomic E-state index is 13.9. The maximum atomic E-state index is 13.9. The Kier molecular flexibility index (Phi) is 9.29. The van der Waals surface area contributed by atoms with Crippen LogP contribution in [0.2, 0.25) is 10.0 Å². The van der Waals surface area contributed by atoms with Gasteiger partial charge in [-0.3, -0.25) is 39.0 Å². The number of fused-ring (bicyclic) bond motifs is 1. The molecule has 0 saturated carbocycles. The summed E-state index contributed by atoms with van der Waals surface area (Å²) in [6.45, 7) is 2.36. The monoisotopic (exact) mass is 719 g/mol. The number of carbonyl (C=O) groups is 4. The second-order valence-electron chi connectivity index (χ2n) is 12.6. The summed E-state index contributed by atoms with van der Waals surface area (Å²) >= 11 is 12.3. The van der Waals surface area contributed by atoms with Crippen LogP contribution in [-0.2, 0) is 22.6 Å². The van der Waals surface area contributed by atoms with Crippen molar-refractivity contribution < 1.29 is 28.3 Å². The van der Waals surface area contributed by atoms with E-state index < -0.39 is 35.5 Å². The molecule has 12 nitrogen and oxygen atoms in total. The van der Waals surface area contributed by atoms with Crippen LogP contribution in [0.25, 0.3) is 11.1 Å². The zero-order valence-electron chi connectivity index (χ0n) is 26.7. The van der Waals surface area contributed by atoms with E-state index >= 15 is 0 Å². The molecule has 50 heavy (non-hydrogen) atoms. The van der Waals surface area contributed by atoms with Crippen molar-refractivity contribution in [3.8, 4) is 16.9 Å². The van der Waals surface area contributed by atoms with Gasteiger partial charge in [0.25, 0.3) is 11.8 Å². The molecule has 1 atom stereocenters. The molecule has 15 heteroatoms. The van der Waals surface area contributed by atoms with Crippen molar-refractivity contribution in [3.05, 3.63) is 93.1 Å². The van der Waals surface area contributed by atoms with Crippen LogP contribution in [0.5, 0.6) is 5.75 Å². The molecule has 0 aliphatic carbocycles. The fraction of sp³-hybridized carbons (Fsp3) is 0.314. The highest BCUT2D eigenvalue weighted by Crippen LogP contribution is 2.32. The van der Waals surface area contributed by atoms with Crippen molar-refractivity contribution in [2.45, 2.75) is 50.7 Å². The number of anilines is 1. The van der Waals surface area contributed by atoms with E-state index in [1.165, 1.54) is 12.1 Å². The molecule has 2 saturated heterocycles. The normalized spacial score (nSPS) is 18.5. The average Bonchev–Trinajstić information content (AvgIpc) is 3.69. The topological polar surface area (TPSA) is 153 Å². The van der Waals surface area contributed by atoms with Crippen LogP contribution >= 0.6 is 23.2 Å². The Morgan fingerprint density at radius 2 is 1.74 bits per heavy atom. The largest absolute Gasteiger partial charge is 0.489 e. The number of piperidine rings is 2. The third kappa shape index (κ3) is 6.55. The lowest BCUT2D eigenvalue weighted by molar-refractivity contribution is -0.136. The Morgan fingerprint density at radius 1 is 0.960 bits per heavy atom. The fourth-order valence-corrected chi connectivity index (χ4v) is 7.25. The highest BCUT2D eigenvalue weighted by Gasteiger charge is 2.44. The Morgan fingerprint density at radius 3 is 2.52 bits per heavy atom. The molecule has 2 aromatic heterocycles. The number of imide groups is 2. The molecule has 5 heterocycles. The minimum Gasteiger partial charge on any atom is -0.489 e. The summed E-state index contributed by atoms with van der Waals surface area (Å²) in [4.78, 5) is 57.8. The quantitative estimate of drug-likeness (QED) is 0.183. The number of aromatic nitrogens is 3. The van der Waals surface area contributed by atoms with Gasteiger partial charge in [-0.1, -0.05) is 29.3 Å². The second-order valence-corrected chi connectivity index (χ2v) is 13.4. The van der Waals surface area contributed by atoms with E-state index in [4.69, 9.17) is 33.7 Å². The molecule has 4 amide bonds. The standard InChI is InChI=1S/C35H32Cl2FN7O5/c36-26-3-4-27(38)31(37)24(26)9-12-50-29-14-20(15-40-32(29)39)21-16-41-44(18-21)22-7-10-43(11-8-22)17-19-1-2-23-25(13-19)35(49)45(34(23)48)28-5-6-30(46)42-33(28)47/h1-4,13-16,18,22,28H,5-12,17H2,(H2,39,40)(H,42,46,47)/t28-/m1/s1. The van der Waals surface area contributed by atoms with Crippen LogP contribution in [0.15, 0.2) is 55.0 Å². The summed E-state index contributed by atoms with van der Waals surface area (Å²) in [5.74, 6) is -2.00. The summed E-state index contributed by atoms with van der Waals surface area (Å²) in [7, 11) is 0. The molecule has 3 N–H and O–H groups in total. The minimum absolute atomic E-state index is 0.0308. The van der Waals surface area contributed by atoms with E-state index in [0.29, 0.717) is 22.9 Å². The van der Waals surface area contributed by atoms with Gasteiger partial charge in [-0.2, -0.15) is 5.10 Å². The van der Waals surface area contributed by atoms with E-state index in [1.54, 1.807) is 30.6 Å². The predicted octanol–water partition coefficient (Wildman–Crippen LogP) is 4.83. The van der Waals surface area contributed by atoms with Crippen molar-refractivity contribution in [1.29, 1.82) is 0 Å². The van der Waals surface area contributed by atoms with Crippen LogP contribution in [0.4, 0.5) is 10.2 Å². The van der Waals surface area contributed by atoms with E-state index in [2.05, 4.69) is 20.3 Å². The third-order valence-electron chi connectivity index (χ3n) is 9.41. The fourth-order valence-electron chi connectivity index (χ4n) is 6.69. The van der Waals surface area contributed by atoms with E-state index in [0.717, 1.165) is 47.5 Å². The second kappa shape index (κ2) is 13.8. The Labute approximate surface area is 296 Å². The molecule has 258 valence electrons. The predicted molar refractivity (Wildman–Crippen MR) is 182 cm³/mol. The van der Waals surface area contributed by atoms with Crippen LogP contribution in [0, 0.1) is 5.82 Å². The average molecular weight is 721 g/mol. The molecule has 2 aromatic carbocycles. The van der Waals surface area contributed by atoms with Gasteiger partial charge in [-0.25, -0.2) is 9.37 Å². The molecule has 4 aromatic rings. The highest BCUT2D eigenvalue weighted by atomic mass is 35.5. The number of likely N-dealkylation sites (tertiary alicyclic amines) is 1. The first kappa shape index (κ1) is 33.6. The van der Waals surface area contributed by atoms with Crippen LogP contribution < -0.4 is 15.8 Å². The number of nitrogens with two attached hydrogens (primary N) is 1. The summed E-state index contributed by atoms with van der Waals surface area (Å²) in [6.07, 6.45) is 7.59. The van der Waals surface area contributed by atoms with Gasteiger partial charge >= 0.3 is 0 Å². The van der Waals surface area contributed by atoms with Crippen molar-refractivity contribution in [1.82, 2.24) is 29.9 Å². The van der Waals surface area contributed by atoms with Crippen LogP contribution in [-0.4, -0.2) is 73.9 Å². The van der Waals surface area contributed by atoms with Gasteiger partial charge in [0.1, 0.15) is 11.9 Å². The zero-order valence-corrected chi connectivity index (χ0v) is 28.2. The molecular weight excluding hydrogens is 688 g/mol. The van der Waals surface area contributed by atoms with Crippen molar-refractivity contribution in [3.63, 3.8) is 0 Å². The minimum atomic E-state index is -0.990. The molecule has 2 fully saturated rings. The number of hydrogen-bond donors (Lipinski definition) is 2. The Bertz CT molecular complexity index is 2030. The lowest BCUT2D eigenvalue weighted by Gasteiger charge is -2.32. The van der Waals surface area contributed by atoms with Crippen molar-refractivity contribution in [2.75, 3.05) is 25.4 Å². The number of pyridine rings is 1. The van der Waals surface area contributed by atoms with Gasteiger partial charge < -0.3 is 10.5 Å². The van der Waals surface area contributed by atoms with Crippen LogP contribution in [0.1, 0.15) is 63.6 Å². The van der Waals surface area contributed by atoms with Gasteiger partial charge in [-0.05, 0) is 60.7 Å². The van der Waals surface area contributed by atoms with Crippen molar-refractivity contribution in [2.24, 2.45) is 0 Å². The number of hydrogen-bond acceptors (Lipinski definition) is 9. The highest BCUT2D eigenvalue weighted by molar-refractivity contribution is 6.36. The Hall–Kier alpha value is -4.85. The smallest absolute Gasteiger partial charge is 0.262 e. The molecule has 0 bridgehead atoms. The first-order valence-electron chi connectivity index (χ1n) is 16.2. The number of rotatable bonds is 9. The van der Waals surface area contributed by atoms with Gasteiger partial charge in [0.2, 0.25) is 11.8 Å². The summed E-state index contributed by atoms with van der Waals surface area (Å²) in [5.41, 5.74) is 9.61. The Balaban J connectivity index is 0.946. The lowest BCUT2D eigenvalue weighted by Crippen LogP contribution is -2.54. The zero-order chi connectivity index (χ0) is 35.1. The maximum Gasteiger partial charge on any atom is 0.262 e. The molecule has 7 rings (SSSR count). The van der Waals surface area contributed by atoms with E-state index in [1.807, 2.05) is 16.9 Å². The molecule has 0 unspecified atom stereocenters. The number of carbonyl (C=O) groups excluding carboxylic acids is 4. The number of benzene rings is 2. The lowest BCUT2D eigenvalue weighted by atomic mass is 10.0. The first-order valence-corrected chi connectivity index (χ1v) is 16.9. The number of halogens is 3. The van der Waals surface area contributed by atoms with E-state index in [9.17, 15) is 23.6 Å². The molecule has 0 spiro atoms. The third-order valence-corrected chi connectivity index (χ3v) is 10.2. The number of nitrogens with one attached hydrogen (secondary N) is 1. The van der Waals surface area contributed by atoms with Gasteiger partial charge in [0.15, 0.2) is 11.6 Å². The van der Waals surface area contributed by atoms with E-state index in [-0.39, 0.29) is 53.9 Å². The molecular formula is C35H32Cl2FN7O5. The summed E-state index contributed by atoms with van der Waals surface area (Å²) < 4.78 is 21.7. The SMILES string of the molecule is Nc1ncc(-c2cnn(C3CCN(Cc4ccc5c(c4)C(=O)N([C@@H]4CCC(=O)NC4=O)C5=O)CC3)c2)cc1OCCc1c(Cl)ccc(F)c1Cl. The van der Waals surface area contributed by atoms with Crippen molar-refractivity contribution >= 4 is 52.6 Å². The molecule has 3 aliphatic heterocycles. The summed E-state index contributed by atoms with van der Waals surface area (Å²) in [5, 5.41) is 7.17. The number of nitrogens with zero attached hydrogens (tertiary/aromatic N) is 5. The molecule has 3 aliphatic rings. The van der Waals surface area contributed by atoms with Gasteiger partial charge in [0, 0.05) is 61.0 Å². The molecule has 0 radical (unpaired) electrons. The van der Waals surface area contributed by atoms with Gasteiger partial charge in [-0.15, -0.1) is 0 Å².